The lowest BCUT2D eigenvalue weighted by atomic mass is 9.99. The molecule has 32 heavy (non-hydrogen) atoms. The molecule has 2 amide bonds. The van der Waals surface area contributed by atoms with E-state index in [-0.39, 0.29) is 42.1 Å². The number of nitrogens with zero attached hydrogens (tertiary/aromatic N) is 2. The van der Waals surface area contributed by atoms with Crippen LogP contribution in [0.1, 0.15) is 54.4 Å². The van der Waals surface area contributed by atoms with Crippen LogP contribution in [-0.4, -0.2) is 72.9 Å². The van der Waals surface area contributed by atoms with Gasteiger partial charge < -0.3 is 15.5 Å². The number of carbonyl (C=O) groups excluding carboxylic acids is 2. The number of nitrogens with one attached hydrogen (secondary N) is 2. The monoisotopic (exact) mass is 480 g/mol. The topological polar surface area (TPSA) is 98.8 Å². The molecule has 0 saturated carbocycles. The van der Waals surface area contributed by atoms with Gasteiger partial charge in [0.2, 0.25) is 15.9 Å². The fourth-order valence-corrected chi connectivity index (χ4v) is 7.99. The molecule has 4 heterocycles. The molecule has 174 valence electrons. The van der Waals surface area contributed by atoms with Gasteiger partial charge in [0.15, 0.2) is 0 Å². The molecule has 0 unspecified atom stereocenters. The maximum Gasteiger partial charge on any atom is 0.253 e. The van der Waals surface area contributed by atoms with Crippen LogP contribution in [0.3, 0.4) is 0 Å². The van der Waals surface area contributed by atoms with Gasteiger partial charge in [-0.05, 0) is 69.3 Å². The summed E-state index contributed by atoms with van der Waals surface area (Å²) >= 11 is 6.31. The number of fused-ring (bicyclic) bond motifs is 3. The Balaban J connectivity index is 1.23. The van der Waals surface area contributed by atoms with Crippen molar-refractivity contribution in [3.63, 3.8) is 0 Å². The van der Waals surface area contributed by atoms with E-state index in [1.807, 2.05) is 0 Å². The molecule has 2 N–H and O–H groups in total. The third-order valence-corrected chi connectivity index (χ3v) is 9.50. The number of benzene rings is 1. The number of likely N-dealkylation sites (tertiary alicyclic amines) is 1. The molecule has 0 aromatic heterocycles. The summed E-state index contributed by atoms with van der Waals surface area (Å²) < 4.78 is 27.9. The van der Waals surface area contributed by atoms with Gasteiger partial charge in [-0.2, -0.15) is 4.31 Å². The maximum atomic E-state index is 13.1. The van der Waals surface area contributed by atoms with E-state index in [1.54, 1.807) is 16.4 Å². The van der Waals surface area contributed by atoms with E-state index in [0.29, 0.717) is 35.7 Å². The van der Waals surface area contributed by atoms with Crippen LogP contribution >= 0.6 is 11.6 Å². The smallest absolute Gasteiger partial charge is 0.253 e. The van der Waals surface area contributed by atoms with Crippen LogP contribution in [0.4, 0.5) is 5.69 Å². The molecule has 3 saturated heterocycles. The van der Waals surface area contributed by atoms with E-state index in [4.69, 9.17) is 11.6 Å². The van der Waals surface area contributed by atoms with Crippen LogP contribution in [0.25, 0.3) is 0 Å². The summed E-state index contributed by atoms with van der Waals surface area (Å²) in [5.41, 5.74) is 1.78. The molecule has 3 fully saturated rings. The minimum absolute atomic E-state index is 0.0556. The molecule has 0 aliphatic carbocycles. The van der Waals surface area contributed by atoms with Crippen LogP contribution in [0, 0.1) is 0 Å². The van der Waals surface area contributed by atoms with Gasteiger partial charge in [0, 0.05) is 30.4 Å². The first kappa shape index (κ1) is 22.1. The van der Waals surface area contributed by atoms with Gasteiger partial charge in [0.1, 0.15) is 0 Å². The van der Waals surface area contributed by atoms with E-state index in [2.05, 4.69) is 15.5 Å². The molecule has 1 aromatic carbocycles. The summed E-state index contributed by atoms with van der Waals surface area (Å²) in [5.74, 6) is -0.204. The Bertz CT molecular complexity index is 1030. The van der Waals surface area contributed by atoms with Crippen LogP contribution in [0.2, 0.25) is 5.02 Å². The Morgan fingerprint density at radius 1 is 1.16 bits per heavy atom. The molecule has 5 rings (SSSR count). The zero-order valence-electron chi connectivity index (χ0n) is 18.0. The quantitative estimate of drug-likeness (QED) is 0.648. The highest BCUT2D eigenvalue weighted by molar-refractivity contribution is 7.89. The third-order valence-electron chi connectivity index (χ3n) is 7.25. The predicted molar refractivity (Wildman–Crippen MR) is 122 cm³/mol. The van der Waals surface area contributed by atoms with Crippen LogP contribution in [-0.2, 0) is 21.2 Å². The first-order chi connectivity index (χ1) is 15.3. The largest absolute Gasteiger partial charge is 0.349 e. The van der Waals surface area contributed by atoms with E-state index in [0.717, 1.165) is 44.3 Å². The molecule has 8 nitrogen and oxygen atoms in total. The predicted octanol–water partition coefficient (Wildman–Crippen LogP) is 1.99. The number of halogens is 1. The number of sulfonamides is 1. The molecule has 0 radical (unpaired) electrons. The molecule has 4 aliphatic rings. The third kappa shape index (κ3) is 4.27. The fourth-order valence-electron chi connectivity index (χ4n) is 5.75. The number of hydrogen-bond acceptors (Lipinski definition) is 5. The second-order valence-corrected chi connectivity index (χ2v) is 11.8. The minimum atomic E-state index is -3.31. The van der Waals surface area contributed by atoms with E-state index < -0.39 is 10.0 Å². The van der Waals surface area contributed by atoms with Gasteiger partial charge in [0.05, 0.1) is 22.8 Å². The van der Waals surface area contributed by atoms with Crippen LogP contribution < -0.4 is 10.6 Å². The van der Waals surface area contributed by atoms with Gasteiger partial charge in [-0.1, -0.05) is 11.6 Å². The van der Waals surface area contributed by atoms with Crippen LogP contribution in [0.15, 0.2) is 12.1 Å². The lowest BCUT2D eigenvalue weighted by molar-refractivity contribution is -0.115. The number of hydrogen-bond donors (Lipinski definition) is 2. The Morgan fingerprint density at radius 3 is 2.53 bits per heavy atom. The van der Waals surface area contributed by atoms with Gasteiger partial charge in [-0.15, -0.1) is 0 Å². The summed E-state index contributed by atoms with van der Waals surface area (Å²) in [4.78, 5) is 26.8. The molecule has 3 atom stereocenters. The van der Waals surface area contributed by atoms with Gasteiger partial charge >= 0.3 is 0 Å². The highest BCUT2D eigenvalue weighted by atomic mass is 35.5. The first-order valence-corrected chi connectivity index (χ1v) is 13.5. The summed E-state index contributed by atoms with van der Waals surface area (Å²) in [6.45, 7) is 2.59. The van der Waals surface area contributed by atoms with Crippen molar-refractivity contribution < 1.29 is 18.0 Å². The highest BCUT2D eigenvalue weighted by Crippen LogP contribution is 2.38. The van der Waals surface area contributed by atoms with Crippen molar-refractivity contribution in [3.05, 3.63) is 28.3 Å². The van der Waals surface area contributed by atoms with Crippen molar-refractivity contribution >= 4 is 39.1 Å². The maximum absolute atomic E-state index is 13.1. The lowest BCUT2D eigenvalue weighted by Gasteiger charge is -2.38. The van der Waals surface area contributed by atoms with Crippen molar-refractivity contribution in [1.82, 2.24) is 14.5 Å². The summed E-state index contributed by atoms with van der Waals surface area (Å²) in [5, 5.41) is 6.10. The Kier molecular flexibility index (Phi) is 5.94. The number of carbonyl (C=O) groups is 2. The summed E-state index contributed by atoms with van der Waals surface area (Å²) in [7, 11) is -3.31. The zero-order chi connectivity index (χ0) is 22.5. The fraction of sp³-hybridized carbons (Fsp3) is 0.636. The first-order valence-electron chi connectivity index (χ1n) is 11.5. The van der Waals surface area contributed by atoms with Crippen LogP contribution in [0.5, 0.6) is 0 Å². The molecule has 2 bridgehead atoms. The van der Waals surface area contributed by atoms with Gasteiger partial charge in [-0.25, -0.2) is 8.42 Å². The Hall–Kier alpha value is -1.68. The van der Waals surface area contributed by atoms with E-state index >= 15 is 0 Å². The second-order valence-electron chi connectivity index (χ2n) is 9.44. The lowest BCUT2D eigenvalue weighted by Crippen LogP contribution is -2.53. The van der Waals surface area contributed by atoms with Crippen molar-refractivity contribution in [2.24, 2.45) is 0 Å². The van der Waals surface area contributed by atoms with E-state index in [9.17, 15) is 18.0 Å². The summed E-state index contributed by atoms with van der Waals surface area (Å²) in [6, 6.07) is 3.10. The normalized spacial score (nSPS) is 28.0. The zero-order valence-corrected chi connectivity index (χ0v) is 19.6. The van der Waals surface area contributed by atoms with Crippen molar-refractivity contribution in [2.75, 3.05) is 30.7 Å². The van der Waals surface area contributed by atoms with Gasteiger partial charge in [0.25, 0.3) is 5.91 Å². The van der Waals surface area contributed by atoms with Crippen molar-refractivity contribution in [2.45, 2.75) is 63.1 Å². The van der Waals surface area contributed by atoms with Crippen molar-refractivity contribution in [1.29, 1.82) is 0 Å². The number of rotatable bonds is 6. The second kappa shape index (κ2) is 8.59. The SMILES string of the molecule is O=C1Cc2cc(C(=O)N[C@H]3C[C@H]4CC[C@@H](C3)N4S(=O)(=O)CCN3CCCC3)c(Cl)cc2N1. The van der Waals surface area contributed by atoms with E-state index in [1.165, 1.54) is 0 Å². The minimum Gasteiger partial charge on any atom is -0.349 e. The number of piperidine rings is 1. The molecule has 4 aliphatic heterocycles. The summed E-state index contributed by atoms with van der Waals surface area (Å²) in [6.07, 6.45) is 5.46. The Morgan fingerprint density at radius 2 is 1.84 bits per heavy atom. The molecule has 1 aromatic rings. The van der Waals surface area contributed by atoms with Gasteiger partial charge in [-0.3, -0.25) is 9.59 Å². The molecular formula is C22H29ClN4O4S. The average molecular weight is 481 g/mol. The highest BCUT2D eigenvalue weighted by Gasteiger charge is 2.47. The molecule has 0 spiro atoms. The number of anilines is 1. The van der Waals surface area contributed by atoms with Crippen molar-refractivity contribution in [3.8, 4) is 0 Å². The molecule has 10 heteroatoms. The average Bonchev–Trinajstić information content (AvgIpc) is 3.44. The standard InChI is InChI=1S/C22H29ClN4O4S/c23-19-13-20-14(10-21(28)25-20)9-18(19)22(29)24-15-11-16-3-4-17(12-15)27(16)32(30,31)8-7-26-5-1-2-6-26/h9,13,15-17H,1-8,10-12H2,(H,24,29)(H,25,28)/t15-,16+,17-. The Labute approximate surface area is 193 Å². The molecular weight excluding hydrogens is 452 g/mol. The number of amides is 2.